The first-order valence-corrected chi connectivity index (χ1v) is 8.60. The third-order valence-electron chi connectivity index (χ3n) is 3.59. The van der Waals surface area contributed by atoms with Gasteiger partial charge in [-0.25, -0.2) is 0 Å². The summed E-state index contributed by atoms with van der Waals surface area (Å²) in [6.07, 6.45) is 1.65. The van der Waals surface area contributed by atoms with E-state index in [0.29, 0.717) is 33.0 Å². The second-order valence-electron chi connectivity index (χ2n) is 5.59. The summed E-state index contributed by atoms with van der Waals surface area (Å²) < 4.78 is 1.63. The fourth-order valence-electron chi connectivity index (χ4n) is 2.27. The summed E-state index contributed by atoms with van der Waals surface area (Å²) in [5, 5.41) is 8.37. The molecule has 0 bridgehead atoms. The number of amides is 1. The highest BCUT2D eigenvalue weighted by molar-refractivity contribution is 6.42. The fraction of sp³-hybridized carbons (Fsp3) is 0.111. The molecule has 0 saturated heterocycles. The molecule has 0 aliphatic rings. The van der Waals surface area contributed by atoms with E-state index in [1.54, 1.807) is 35.1 Å². The molecule has 0 atom stereocenters. The lowest BCUT2D eigenvalue weighted by Crippen LogP contribution is -2.13. The van der Waals surface area contributed by atoms with Gasteiger partial charge in [-0.1, -0.05) is 58.6 Å². The molecule has 25 heavy (non-hydrogen) atoms. The highest BCUT2D eigenvalue weighted by Crippen LogP contribution is 2.24. The van der Waals surface area contributed by atoms with E-state index < -0.39 is 0 Å². The molecule has 128 valence electrons. The molecule has 1 heterocycles. The van der Waals surface area contributed by atoms with Crippen LogP contribution < -0.4 is 5.32 Å². The van der Waals surface area contributed by atoms with Crippen LogP contribution in [0.5, 0.6) is 0 Å². The molecule has 7 heteroatoms. The molecule has 1 amide bonds. The molecule has 4 nitrogen and oxygen atoms in total. The molecule has 0 unspecified atom stereocenters. The van der Waals surface area contributed by atoms with Crippen molar-refractivity contribution in [2.24, 2.45) is 0 Å². The van der Waals surface area contributed by atoms with Gasteiger partial charge in [-0.2, -0.15) is 5.10 Å². The van der Waals surface area contributed by atoms with E-state index in [2.05, 4.69) is 10.4 Å². The Morgan fingerprint density at radius 3 is 2.44 bits per heavy atom. The van der Waals surface area contributed by atoms with E-state index in [-0.39, 0.29) is 5.91 Å². The summed E-state index contributed by atoms with van der Waals surface area (Å²) in [5.74, 6) is 0.0500. The number of aryl methyl sites for hydroxylation is 1. The summed E-state index contributed by atoms with van der Waals surface area (Å²) >= 11 is 18.1. The Balaban J connectivity index is 1.74. The van der Waals surface area contributed by atoms with Gasteiger partial charge in [-0.3, -0.25) is 9.48 Å². The minimum Gasteiger partial charge on any atom is -0.304 e. The number of carbonyl (C=O) groups excluding carboxylic acids is 1. The van der Waals surface area contributed by atoms with Crippen molar-refractivity contribution in [3.8, 4) is 0 Å². The highest BCUT2D eigenvalue weighted by Gasteiger charge is 2.12. The predicted octanol–water partition coefficient (Wildman–Crippen LogP) is 5.45. The fourth-order valence-corrected chi connectivity index (χ4v) is 2.79. The van der Waals surface area contributed by atoms with Gasteiger partial charge >= 0.3 is 0 Å². The number of rotatable bonds is 4. The lowest BCUT2D eigenvalue weighted by atomic mass is 10.1. The molecule has 0 radical (unpaired) electrons. The van der Waals surface area contributed by atoms with Crippen LogP contribution >= 0.6 is 34.8 Å². The zero-order valence-electron chi connectivity index (χ0n) is 13.3. The number of benzene rings is 2. The van der Waals surface area contributed by atoms with Crippen molar-refractivity contribution in [2.75, 3.05) is 5.32 Å². The molecule has 0 aliphatic heterocycles. The molecular weight excluding hydrogens is 381 g/mol. The van der Waals surface area contributed by atoms with Gasteiger partial charge in [0.05, 0.1) is 16.6 Å². The van der Waals surface area contributed by atoms with Crippen molar-refractivity contribution in [1.29, 1.82) is 0 Å². The van der Waals surface area contributed by atoms with E-state index in [0.717, 1.165) is 11.1 Å². The third kappa shape index (κ3) is 4.34. The standard InChI is InChI=1S/C18H14Cl3N3O/c1-11-2-5-13(6-3-11)18(25)22-17-16(21)10-24(23-17)9-12-4-7-14(19)15(20)8-12/h2-8,10H,9H2,1H3,(H,22,23,25). The third-order valence-corrected chi connectivity index (χ3v) is 4.61. The monoisotopic (exact) mass is 393 g/mol. The Kier molecular flexibility index (Phi) is 5.33. The minimum atomic E-state index is -0.262. The molecular formula is C18H14Cl3N3O. The topological polar surface area (TPSA) is 46.9 Å². The average molecular weight is 395 g/mol. The van der Waals surface area contributed by atoms with E-state index in [9.17, 15) is 4.79 Å². The van der Waals surface area contributed by atoms with Crippen molar-refractivity contribution in [3.05, 3.63) is 80.4 Å². The minimum absolute atomic E-state index is 0.262. The Morgan fingerprint density at radius 2 is 1.76 bits per heavy atom. The lowest BCUT2D eigenvalue weighted by molar-refractivity contribution is 0.102. The van der Waals surface area contributed by atoms with Crippen LogP contribution in [-0.4, -0.2) is 15.7 Å². The van der Waals surface area contributed by atoms with E-state index in [1.165, 1.54) is 0 Å². The van der Waals surface area contributed by atoms with E-state index in [4.69, 9.17) is 34.8 Å². The lowest BCUT2D eigenvalue weighted by Gasteiger charge is -2.04. The Morgan fingerprint density at radius 1 is 1.04 bits per heavy atom. The molecule has 0 spiro atoms. The number of hydrogen-bond acceptors (Lipinski definition) is 2. The van der Waals surface area contributed by atoms with Crippen LogP contribution in [0.3, 0.4) is 0 Å². The largest absolute Gasteiger partial charge is 0.304 e. The SMILES string of the molecule is Cc1ccc(C(=O)Nc2nn(Cc3ccc(Cl)c(Cl)c3)cc2Cl)cc1. The van der Waals surface area contributed by atoms with Gasteiger partial charge in [0.2, 0.25) is 0 Å². The zero-order valence-corrected chi connectivity index (χ0v) is 15.5. The first kappa shape index (κ1) is 17.8. The van der Waals surface area contributed by atoms with Crippen molar-refractivity contribution < 1.29 is 4.79 Å². The summed E-state index contributed by atoms with van der Waals surface area (Å²) in [4.78, 5) is 12.3. The van der Waals surface area contributed by atoms with Crippen LogP contribution in [0.1, 0.15) is 21.5 Å². The highest BCUT2D eigenvalue weighted by atomic mass is 35.5. The smallest absolute Gasteiger partial charge is 0.256 e. The Bertz CT molecular complexity index is 920. The van der Waals surface area contributed by atoms with Crippen LogP contribution in [0.25, 0.3) is 0 Å². The van der Waals surface area contributed by atoms with Crippen molar-refractivity contribution in [2.45, 2.75) is 13.5 Å². The van der Waals surface area contributed by atoms with Crippen LogP contribution in [0.15, 0.2) is 48.7 Å². The summed E-state index contributed by atoms with van der Waals surface area (Å²) in [7, 11) is 0. The van der Waals surface area contributed by atoms with E-state index >= 15 is 0 Å². The predicted molar refractivity (Wildman–Crippen MR) is 102 cm³/mol. The second kappa shape index (κ2) is 7.48. The van der Waals surface area contributed by atoms with Gasteiger partial charge in [-0.15, -0.1) is 0 Å². The Hall–Kier alpha value is -2.01. The number of halogens is 3. The molecule has 3 aromatic rings. The summed E-state index contributed by atoms with van der Waals surface area (Å²) in [6, 6.07) is 12.6. The van der Waals surface area contributed by atoms with E-state index in [1.807, 2.05) is 25.1 Å². The maximum Gasteiger partial charge on any atom is 0.256 e. The number of hydrogen-bond donors (Lipinski definition) is 1. The number of nitrogens with zero attached hydrogens (tertiary/aromatic N) is 2. The van der Waals surface area contributed by atoms with Crippen molar-refractivity contribution in [1.82, 2.24) is 9.78 Å². The maximum absolute atomic E-state index is 12.3. The first-order valence-electron chi connectivity index (χ1n) is 7.47. The number of carbonyl (C=O) groups is 1. The molecule has 2 aromatic carbocycles. The summed E-state index contributed by atoms with van der Waals surface area (Å²) in [5.41, 5.74) is 2.55. The van der Waals surface area contributed by atoms with Crippen molar-refractivity contribution >= 4 is 46.5 Å². The molecule has 0 aliphatic carbocycles. The first-order chi connectivity index (χ1) is 11.9. The van der Waals surface area contributed by atoms with Gasteiger partial charge in [0, 0.05) is 11.8 Å². The second-order valence-corrected chi connectivity index (χ2v) is 6.81. The molecule has 1 aromatic heterocycles. The van der Waals surface area contributed by atoms with Crippen LogP contribution in [0.4, 0.5) is 5.82 Å². The normalized spacial score (nSPS) is 10.7. The Labute approximate surface area is 160 Å². The average Bonchev–Trinajstić information content (AvgIpc) is 2.91. The molecule has 3 rings (SSSR count). The van der Waals surface area contributed by atoms with Gasteiger partial charge in [-0.05, 0) is 36.8 Å². The zero-order chi connectivity index (χ0) is 18.0. The maximum atomic E-state index is 12.3. The number of anilines is 1. The van der Waals surface area contributed by atoms with Crippen LogP contribution in [-0.2, 0) is 6.54 Å². The quantitative estimate of drug-likeness (QED) is 0.639. The van der Waals surface area contributed by atoms with Gasteiger partial charge in [0.1, 0.15) is 5.02 Å². The van der Waals surface area contributed by atoms with Crippen LogP contribution in [0.2, 0.25) is 15.1 Å². The number of aromatic nitrogens is 2. The molecule has 1 N–H and O–H groups in total. The summed E-state index contributed by atoms with van der Waals surface area (Å²) in [6.45, 7) is 2.42. The van der Waals surface area contributed by atoms with Gasteiger partial charge < -0.3 is 5.32 Å². The molecule has 0 fully saturated rings. The van der Waals surface area contributed by atoms with Gasteiger partial charge in [0.25, 0.3) is 5.91 Å². The molecule has 0 saturated carbocycles. The van der Waals surface area contributed by atoms with Crippen LogP contribution in [0, 0.1) is 6.92 Å². The number of nitrogens with one attached hydrogen (secondary N) is 1. The van der Waals surface area contributed by atoms with Crippen molar-refractivity contribution in [3.63, 3.8) is 0 Å². The van der Waals surface area contributed by atoms with Gasteiger partial charge in [0.15, 0.2) is 5.82 Å².